The number of hydrogen-bond acceptors (Lipinski definition) is 10. The number of fused-ring (bicyclic) bond motifs is 1. The zero-order valence-electron chi connectivity index (χ0n) is 20.1. The zero-order chi connectivity index (χ0) is 24.5. The molecule has 35 heavy (non-hydrogen) atoms. The highest BCUT2D eigenvalue weighted by molar-refractivity contribution is 5.88. The van der Waals surface area contributed by atoms with E-state index in [1.807, 2.05) is 29.9 Å². The van der Waals surface area contributed by atoms with Crippen LogP contribution in [0.4, 0.5) is 17.6 Å². The van der Waals surface area contributed by atoms with Crippen molar-refractivity contribution in [3.05, 3.63) is 30.9 Å². The van der Waals surface area contributed by atoms with Gasteiger partial charge >= 0.3 is 0 Å². The lowest BCUT2D eigenvalue weighted by Gasteiger charge is -2.24. The third kappa shape index (κ3) is 4.05. The topological polar surface area (TPSA) is 125 Å². The first kappa shape index (κ1) is 22.7. The molecule has 1 fully saturated rings. The van der Waals surface area contributed by atoms with Gasteiger partial charge < -0.3 is 34.1 Å². The van der Waals surface area contributed by atoms with Crippen molar-refractivity contribution in [1.29, 1.82) is 0 Å². The first-order valence-corrected chi connectivity index (χ1v) is 11.2. The molecule has 0 spiro atoms. The van der Waals surface area contributed by atoms with Gasteiger partial charge in [-0.1, -0.05) is 0 Å². The normalized spacial score (nSPS) is 15.6. The number of anilines is 3. The number of aryl methyl sites for hydroxylation is 1. The average Bonchev–Trinajstić information content (AvgIpc) is 3.63. The van der Waals surface area contributed by atoms with E-state index in [0.29, 0.717) is 34.7 Å². The summed E-state index contributed by atoms with van der Waals surface area (Å²) in [6.07, 6.45) is 7.18. The number of nitrogens with one attached hydrogen (secondary N) is 1. The van der Waals surface area contributed by atoms with Crippen LogP contribution in [-0.2, 0) is 7.05 Å². The van der Waals surface area contributed by atoms with Crippen molar-refractivity contribution < 1.29 is 19.3 Å². The van der Waals surface area contributed by atoms with Gasteiger partial charge in [0.25, 0.3) is 0 Å². The van der Waals surface area contributed by atoms with E-state index in [-0.39, 0.29) is 12.6 Å². The van der Waals surface area contributed by atoms with Crippen LogP contribution < -0.4 is 24.4 Å². The van der Waals surface area contributed by atoms with Crippen molar-refractivity contribution in [3.63, 3.8) is 0 Å². The fourth-order valence-electron chi connectivity index (χ4n) is 4.45. The number of aliphatic hydroxyl groups is 1. The summed E-state index contributed by atoms with van der Waals surface area (Å²) in [6, 6.07) is 3.71. The van der Waals surface area contributed by atoms with E-state index in [0.717, 1.165) is 36.3 Å². The second-order valence-electron chi connectivity index (χ2n) is 8.22. The smallest absolute Gasteiger partial charge is 0.232 e. The molecular formula is C23H28N8O4. The van der Waals surface area contributed by atoms with Crippen molar-refractivity contribution in [3.8, 4) is 22.9 Å². The molecule has 12 nitrogen and oxygen atoms in total. The van der Waals surface area contributed by atoms with Gasteiger partial charge in [-0.2, -0.15) is 15.1 Å². The largest absolute Gasteiger partial charge is 0.493 e. The van der Waals surface area contributed by atoms with Crippen LogP contribution in [0.25, 0.3) is 16.7 Å². The van der Waals surface area contributed by atoms with Crippen LogP contribution >= 0.6 is 0 Å². The molecule has 4 aromatic rings. The van der Waals surface area contributed by atoms with Crippen LogP contribution in [0.3, 0.4) is 0 Å². The number of aliphatic hydroxyl groups excluding tert-OH is 1. The maximum Gasteiger partial charge on any atom is 0.232 e. The number of nitrogens with zero attached hydrogens (tertiary/aromatic N) is 7. The monoisotopic (exact) mass is 480 g/mol. The predicted molar refractivity (Wildman–Crippen MR) is 130 cm³/mol. The van der Waals surface area contributed by atoms with Crippen LogP contribution in [-0.4, -0.2) is 74.9 Å². The Bertz CT molecular complexity index is 1330. The lowest BCUT2D eigenvalue weighted by atomic mass is 10.2. The lowest BCUT2D eigenvalue weighted by molar-refractivity contribution is 0.266. The van der Waals surface area contributed by atoms with Crippen LogP contribution in [0.1, 0.15) is 12.8 Å². The SMILES string of the molecule is COc1cc(-n2cnc(Nc3nc(N4CCC[C@H]4CO)c4cnn(C)c4n3)c2)cc(OC)c1OC. The summed E-state index contributed by atoms with van der Waals surface area (Å²) in [6.45, 7) is 0.898. The summed E-state index contributed by atoms with van der Waals surface area (Å²) < 4.78 is 19.9. The molecule has 0 radical (unpaired) electrons. The quantitative estimate of drug-likeness (QED) is 0.388. The Morgan fingerprint density at radius 1 is 1.11 bits per heavy atom. The molecule has 0 aliphatic carbocycles. The van der Waals surface area contributed by atoms with Crippen molar-refractivity contribution in [2.75, 3.05) is 44.7 Å². The van der Waals surface area contributed by atoms with Gasteiger partial charge in [0, 0.05) is 25.7 Å². The molecule has 1 aromatic carbocycles. The number of methoxy groups -OCH3 is 3. The van der Waals surface area contributed by atoms with Gasteiger partial charge in [-0.05, 0) is 12.8 Å². The Hall–Kier alpha value is -4.06. The van der Waals surface area contributed by atoms with E-state index in [9.17, 15) is 5.11 Å². The molecule has 1 atom stereocenters. The molecule has 184 valence electrons. The highest BCUT2D eigenvalue weighted by atomic mass is 16.5. The van der Waals surface area contributed by atoms with E-state index >= 15 is 0 Å². The van der Waals surface area contributed by atoms with Crippen LogP contribution in [0.2, 0.25) is 0 Å². The summed E-state index contributed by atoms with van der Waals surface area (Å²) in [5.41, 5.74) is 1.48. The maximum absolute atomic E-state index is 9.84. The Morgan fingerprint density at radius 2 is 1.89 bits per heavy atom. The van der Waals surface area contributed by atoms with E-state index in [4.69, 9.17) is 19.2 Å². The molecule has 2 N–H and O–H groups in total. The molecule has 3 aromatic heterocycles. The summed E-state index contributed by atoms with van der Waals surface area (Å²) in [7, 11) is 6.56. The van der Waals surface area contributed by atoms with Gasteiger partial charge in [-0.3, -0.25) is 4.68 Å². The van der Waals surface area contributed by atoms with E-state index in [1.54, 1.807) is 38.5 Å². The van der Waals surface area contributed by atoms with Crippen molar-refractivity contribution in [1.82, 2.24) is 29.3 Å². The standard InChI is InChI=1S/C23H28N8O4/c1-29-21-16(10-25-29)22(31-7-5-6-14(31)12-32)28-23(27-21)26-19-11-30(13-24-19)15-8-17(33-2)20(35-4)18(9-15)34-3/h8-11,13-14,32H,5-7,12H2,1-4H3,(H,26,27,28)/t14-/m0/s1. The van der Waals surface area contributed by atoms with E-state index in [1.165, 1.54) is 0 Å². The molecule has 1 saturated heterocycles. The summed E-state index contributed by atoms with van der Waals surface area (Å²) in [5, 5.41) is 18.3. The number of hydrogen-bond donors (Lipinski definition) is 2. The van der Waals surface area contributed by atoms with Gasteiger partial charge in [0.15, 0.2) is 23.0 Å². The fourth-order valence-corrected chi connectivity index (χ4v) is 4.45. The number of benzene rings is 1. The maximum atomic E-state index is 9.84. The molecule has 1 aliphatic rings. The zero-order valence-corrected chi connectivity index (χ0v) is 20.1. The van der Waals surface area contributed by atoms with Gasteiger partial charge in [-0.25, -0.2) is 4.98 Å². The third-order valence-corrected chi connectivity index (χ3v) is 6.20. The third-order valence-electron chi connectivity index (χ3n) is 6.20. The minimum Gasteiger partial charge on any atom is -0.493 e. The van der Waals surface area contributed by atoms with Crippen LogP contribution in [0.5, 0.6) is 17.2 Å². The molecule has 0 bridgehead atoms. The Balaban J connectivity index is 1.48. The van der Waals surface area contributed by atoms with E-state index in [2.05, 4.69) is 25.3 Å². The molecule has 0 unspecified atom stereocenters. The van der Waals surface area contributed by atoms with Crippen molar-refractivity contribution in [2.24, 2.45) is 7.05 Å². The molecule has 5 rings (SSSR count). The number of aromatic nitrogens is 6. The molecule has 12 heteroatoms. The second-order valence-corrected chi connectivity index (χ2v) is 8.22. The highest BCUT2D eigenvalue weighted by Crippen LogP contribution is 2.39. The minimum atomic E-state index is 0.0281. The highest BCUT2D eigenvalue weighted by Gasteiger charge is 2.28. The number of rotatable bonds is 8. The Kier molecular flexibility index (Phi) is 6.03. The van der Waals surface area contributed by atoms with Crippen molar-refractivity contribution >= 4 is 28.6 Å². The number of imidazole rings is 1. The van der Waals surface area contributed by atoms with E-state index < -0.39 is 0 Å². The first-order valence-electron chi connectivity index (χ1n) is 11.2. The Labute approximate surface area is 202 Å². The van der Waals surface area contributed by atoms with Crippen LogP contribution in [0.15, 0.2) is 30.9 Å². The predicted octanol–water partition coefficient (Wildman–Crippen LogP) is 2.28. The molecule has 0 amide bonds. The first-order chi connectivity index (χ1) is 17.1. The number of ether oxygens (including phenoxy) is 3. The minimum absolute atomic E-state index is 0.0281. The summed E-state index contributed by atoms with van der Waals surface area (Å²) >= 11 is 0. The molecule has 0 saturated carbocycles. The molecule has 1 aliphatic heterocycles. The van der Waals surface area contributed by atoms with Gasteiger partial charge in [0.2, 0.25) is 11.7 Å². The van der Waals surface area contributed by atoms with Crippen molar-refractivity contribution in [2.45, 2.75) is 18.9 Å². The average molecular weight is 481 g/mol. The summed E-state index contributed by atoms with van der Waals surface area (Å²) in [4.78, 5) is 16.0. The molecule has 4 heterocycles. The molecular weight excluding hydrogens is 452 g/mol. The van der Waals surface area contributed by atoms with Crippen LogP contribution in [0, 0.1) is 0 Å². The van der Waals surface area contributed by atoms with Gasteiger partial charge in [0.1, 0.15) is 12.1 Å². The summed E-state index contributed by atoms with van der Waals surface area (Å²) in [5.74, 6) is 3.32. The van der Waals surface area contributed by atoms with Gasteiger partial charge in [-0.15, -0.1) is 0 Å². The lowest BCUT2D eigenvalue weighted by Crippen LogP contribution is -2.33. The van der Waals surface area contributed by atoms with Gasteiger partial charge in [0.05, 0.1) is 57.4 Å². The fraction of sp³-hybridized carbons (Fsp3) is 0.391. The Morgan fingerprint density at radius 3 is 2.57 bits per heavy atom. The second kappa shape index (κ2) is 9.29.